The van der Waals surface area contributed by atoms with Gasteiger partial charge in [0.2, 0.25) is 0 Å². The highest BCUT2D eigenvalue weighted by molar-refractivity contribution is 9.10. The van der Waals surface area contributed by atoms with Gasteiger partial charge >= 0.3 is 6.18 Å². The summed E-state index contributed by atoms with van der Waals surface area (Å²) in [4.78, 5) is 3.40. The molecule has 0 aliphatic heterocycles. The van der Waals surface area contributed by atoms with Gasteiger partial charge < -0.3 is 11.5 Å². The summed E-state index contributed by atoms with van der Waals surface area (Å²) in [6.07, 6.45) is -4.49. The molecular formula is C8H7BrF3N3. The van der Waals surface area contributed by atoms with Crippen LogP contribution in [0.2, 0.25) is 0 Å². The van der Waals surface area contributed by atoms with Crippen molar-refractivity contribution in [2.45, 2.75) is 6.18 Å². The number of nitrogens with two attached hydrogens (primary N) is 2. The molecule has 0 spiro atoms. The molecule has 0 amide bonds. The molecular weight excluding hydrogens is 275 g/mol. The van der Waals surface area contributed by atoms with E-state index >= 15 is 0 Å². The van der Waals surface area contributed by atoms with Gasteiger partial charge in [-0.15, -0.1) is 0 Å². The molecule has 3 nitrogen and oxygen atoms in total. The van der Waals surface area contributed by atoms with Gasteiger partial charge in [-0.25, -0.2) is 4.99 Å². The summed E-state index contributed by atoms with van der Waals surface area (Å²) < 4.78 is 37.8. The van der Waals surface area contributed by atoms with Crippen LogP contribution in [0.15, 0.2) is 27.7 Å². The molecule has 0 fully saturated rings. The van der Waals surface area contributed by atoms with Gasteiger partial charge in [-0.2, -0.15) is 13.2 Å². The average molecular weight is 282 g/mol. The number of alkyl halides is 3. The molecule has 1 aromatic carbocycles. The Hall–Kier alpha value is -1.24. The lowest BCUT2D eigenvalue weighted by Crippen LogP contribution is -2.22. The van der Waals surface area contributed by atoms with Crippen molar-refractivity contribution in [1.82, 2.24) is 0 Å². The maximum absolute atomic E-state index is 12.5. The number of nitrogens with zero attached hydrogens (tertiary/aromatic N) is 1. The van der Waals surface area contributed by atoms with Crippen molar-refractivity contribution in [3.05, 3.63) is 28.2 Å². The number of guanidine groups is 1. The first-order valence-electron chi connectivity index (χ1n) is 3.77. The summed E-state index contributed by atoms with van der Waals surface area (Å²) in [5.41, 5.74) is 8.86. The van der Waals surface area contributed by atoms with E-state index in [2.05, 4.69) is 20.9 Å². The lowest BCUT2D eigenvalue weighted by Gasteiger charge is -2.10. The normalized spacial score (nSPS) is 11.2. The zero-order chi connectivity index (χ0) is 11.6. The Kier molecular flexibility index (Phi) is 3.23. The highest BCUT2D eigenvalue weighted by Crippen LogP contribution is 2.37. The van der Waals surface area contributed by atoms with E-state index in [1.54, 1.807) is 0 Å². The summed E-state index contributed by atoms with van der Waals surface area (Å²) in [5.74, 6) is -0.414. The van der Waals surface area contributed by atoms with Crippen molar-refractivity contribution in [2.24, 2.45) is 16.5 Å². The predicted octanol–water partition coefficient (Wildman–Crippen LogP) is 2.37. The van der Waals surface area contributed by atoms with Crippen LogP contribution < -0.4 is 11.5 Å². The number of aliphatic imine (C=N–C) groups is 1. The van der Waals surface area contributed by atoms with Gasteiger partial charge in [0.25, 0.3) is 0 Å². The average Bonchev–Trinajstić information content (AvgIpc) is 2.05. The van der Waals surface area contributed by atoms with E-state index in [4.69, 9.17) is 11.5 Å². The summed E-state index contributed by atoms with van der Waals surface area (Å²) in [6.45, 7) is 0. The van der Waals surface area contributed by atoms with Gasteiger partial charge in [0, 0.05) is 4.47 Å². The first-order valence-corrected chi connectivity index (χ1v) is 4.56. The third kappa shape index (κ3) is 3.12. The van der Waals surface area contributed by atoms with Crippen molar-refractivity contribution < 1.29 is 13.2 Å². The fourth-order valence-electron chi connectivity index (χ4n) is 0.972. The van der Waals surface area contributed by atoms with Crippen molar-refractivity contribution in [2.75, 3.05) is 0 Å². The molecule has 15 heavy (non-hydrogen) atoms. The zero-order valence-electron chi connectivity index (χ0n) is 7.35. The second-order valence-corrected chi connectivity index (χ2v) is 3.61. The molecule has 7 heteroatoms. The highest BCUT2D eigenvalue weighted by atomic mass is 79.9. The monoisotopic (exact) mass is 281 g/mol. The topological polar surface area (TPSA) is 64.4 Å². The first-order chi connectivity index (χ1) is 6.80. The molecule has 1 aromatic rings. The Labute approximate surface area is 92.1 Å². The van der Waals surface area contributed by atoms with Crippen LogP contribution in [0, 0.1) is 0 Å². The fourth-order valence-corrected chi connectivity index (χ4v) is 1.33. The minimum Gasteiger partial charge on any atom is -0.370 e. The van der Waals surface area contributed by atoms with Gasteiger partial charge in [-0.3, -0.25) is 0 Å². The van der Waals surface area contributed by atoms with Crippen LogP contribution in [0.5, 0.6) is 0 Å². The van der Waals surface area contributed by atoms with Gasteiger partial charge in [-0.1, -0.05) is 15.9 Å². The Balaban J connectivity index is 3.34. The van der Waals surface area contributed by atoms with Crippen LogP contribution in [0.4, 0.5) is 18.9 Å². The van der Waals surface area contributed by atoms with Gasteiger partial charge in [-0.05, 0) is 18.2 Å². The molecule has 0 saturated heterocycles. The van der Waals surface area contributed by atoms with E-state index < -0.39 is 17.7 Å². The molecule has 4 N–H and O–H groups in total. The van der Waals surface area contributed by atoms with Crippen molar-refractivity contribution >= 4 is 27.6 Å². The molecule has 0 atom stereocenters. The third-order valence-electron chi connectivity index (χ3n) is 1.51. The Morgan fingerprint density at radius 1 is 1.27 bits per heavy atom. The Bertz CT molecular complexity index is 397. The Morgan fingerprint density at radius 3 is 2.33 bits per heavy atom. The van der Waals surface area contributed by atoms with Gasteiger partial charge in [0.05, 0.1) is 11.3 Å². The maximum Gasteiger partial charge on any atom is 0.418 e. The molecule has 0 aliphatic carbocycles. The molecule has 0 aromatic heterocycles. The number of hydrogen-bond donors (Lipinski definition) is 2. The molecule has 0 unspecified atom stereocenters. The van der Waals surface area contributed by atoms with E-state index in [1.165, 1.54) is 12.1 Å². The summed E-state index contributed by atoms with van der Waals surface area (Å²) >= 11 is 2.94. The number of benzene rings is 1. The van der Waals surface area contributed by atoms with Crippen LogP contribution in [0.3, 0.4) is 0 Å². The molecule has 0 aliphatic rings. The van der Waals surface area contributed by atoms with Crippen molar-refractivity contribution in [3.8, 4) is 0 Å². The lowest BCUT2D eigenvalue weighted by atomic mass is 10.2. The Morgan fingerprint density at radius 2 is 1.87 bits per heavy atom. The largest absolute Gasteiger partial charge is 0.418 e. The van der Waals surface area contributed by atoms with E-state index in [9.17, 15) is 13.2 Å². The minimum atomic E-state index is -4.49. The summed E-state index contributed by atoms with van der Waals surface area (Å²) in [7, 11) is 0. The molecule has 0 bridgehead atoms. The van der Waals surface area contributed by atoms with E-state index in [0.717, 1.165) is 6.07 Å². The zero-order valence-corrected chi connectivity index (χ0v) is 8.93. The fraction of sp³-hybridized carbons (Fsp3) is 0.125. The highest BCUT2D eigenvalue weighted by Gasteiger charge is 2.33. The van der Waals surface area contributed by atoms with E-state index in [0.29, 0.717) is 4.47 Å². The molecule has 0 saturated carbocycles. The van der Waals surface area contributed by atoms with Gasteiger partial charge in [0.1, 0.15) is 0 Å². The minimum absolute atomic E-state index is 0.300. The van der Waals surface area contributed by atoms with E-state index in [-0.39, 0.29) is 5.69 Å². The second-order valence-electron chi connectivity index (χ2n) is 2.70. The van der Waals surface area contributed by atoms with Crippen LogP contribution >= 0.6 is 15.9 Å². The van der Waals surface area contributed by atoms with Crippen molar-refractivity contribution in [1.29, 1.82) is 0 Å². The number of rotatable bonds is 1. The number of hydrogen-bond acceptors (Lipinski definition) is 1. The second kappa shape index (κ2) is 4.09. The SMILES string of the molecule is NC(N)=Nc1ccc(Br)cc1C(F)(F)F. The maximum atomic E-state index is 12.5. The smallest absolute Gasteiger partial charge is 0.370 e. The van der Waals surface area contributed by atoms with Crippen molar-refractivity contribution in [3.63, 3.8) is 0 Å². The van der Waals surface area contributed by atoms with E-state index in [1.807, 2.05) is 0 Å². The lowest BCUT2D eigenvalue weighted by molar-refractivity contribution is -0.137. The van der Waals surface area contributed by atoms with Crippen LogP contribution in [0.25, 0.3) is 0 Å². The molecule has 82 valence electrons. The summed E-state index contributed by atoms with van der Waals surface area (Å²) in [6, 6.07) is 3.53. The summed E-state index contributed by atoms with van der Waals surface area (Å²) in [5, 5.41) is 0. The van der Waals surface area contributed by atoms with Crippen LogP contribution in [0.1, 0.15) is 5.56 Å². The van der Waals surface area contributed by atoms with Crippen LogP contribution in [-0.2, 0) is 6.18 Å². The first kappa shape index (κ1) is 11.8. The van der Waals surface area contributed by atoms with Gasteiger partial charge in [0.15, 0.2) is 5.96 Å². The van der Waals surface area contributed by atoms with Crippen LogP contribution in [-0.4, -0.2) is 5.96 Å². The quantitative estimate of drug-likeness (QED) is 0.613. The molecule has 1 rings (SSSR count). The molecule has 0 heterocycles. The number of halogens is 4. The molecule has 0 radical (unpaired) electrons. The predicted molar refractivity (Wildman–Crippen MR) is 54.6 cm³/mol. The standard InChI is InChI=1S/C8H7BrF3N3/c9-4-1-2-6(15-7(13)14)5(3-4)8(10,11)12/h1-3H,(H4,13,14,15). The third-order valence-corrected chi connectivity index (χ3v) is 2.01.